The lowest BCUT2D eigenvalue weighted by Gasteiger charge is -2.30. The molecule has 0 N–H and O–H groups in total. The quantitative estimate of drug-likeness (QED) is 0.534. The summed E-state index contributed by atoms with van der Waals surface area (Å²) in [6.07, 6.45) is 2.93. The fraction of sp³-hybridized carbons (Fsp3) is 0.316. The van der Waals surface area contributed by atoms with Crippen molar-refractivity contribution in [1.82, 2.24) is 0 Å². The number of hydrogen-bond donors (Lipinski definition) is 0. The van der Waals surface area contributed by atoms with Crippen molar-refractivity contribution in [2.45, 2.75) is 19.6 Å². The average molecular weight is 329 g/mol. The molecule has 0 fully saturated rings. The molecule has 0 saturated carbocycles. The van der Waals surface area contributed by atoms with Gasteiger partial charge in [-0.15, -0.1) is 0 Å². The Labute approximate surface area is 139 Å². The van der Waals surface area contributed by atoms with Crippen molar-refractivity contribution in [1.29, 1.82) is 0 Å². The third-order valence-electron chi connectivity index (χ3n) is 3.40. The molecule has 2 aromatic carbocycles. The highest BCUT2D eigenvalue weighted by Crippen LogP contribution is 2.16. The number of nitrogens with zero attached hydrogens (tertiary/aromatic N) is 2. The molecule has 122 valence electrons. The van der Waals surface area contributed by atoms with E-state index < -0.39 is 8.07 Å². The summed E-state index contributed by atoms with van der Waals surface area (Å²) in [7, 11) is -1.20. The Balaban J connectivity index is 1.97. The molecule has 2 aromatic rings. The van der Waals surface area contributed by atoms with E-state index in [0.29, 0.717) is 0 Å². The Kier molecular flexibility index (Phi) is 6.10. The average Bonchev–Trinajstić information content (AvgIpc) is 2.52. The number of aliphatic imine (C=N–C) groups is 1. The smallest absolute Gasteiger partial charge is 0.123 e. The van der Waals surface area contributed by atoms with Gasteiger partial charge in [0.25, 0.3) is 0 Å². The Morgan fingerprint density at radius 1 is 1.00 bits per heavy atom. The second kappa shape index (κ2) is 8.06. The van der Waals surface area contributed by atoms with Crippen molar-refractivity contribution >= 4 is 20.0 Å². The summed E-state index contributed by atoms with van der Waals surface area (Å²) in [6.45, 7) is 8.77. The molecule has 2 nitrogen and oxygen atoms in total. The molecule has 0 heterocycles. The van der Waals surface area contributed by atoms with Gasteiger partial charge in [-0.2, -0.15) is 0 Å². The van der Waals surface area contributed by atoms with E-state index in [-0.39, 0.29) is 5.82 Å². The van der Waals surface area contributed by atoms with Crippen LogP contribution in [0.2, 0.25) is 19.6 Å². The largest absolute Gasteiger partial charge is 0.373 e. The summed E-state index contributed by atoms with van der Waals surface area (Å²) >= 11 is 0. The Morgan fingerprint density at radius 2 is 1.65 bits per heavy atom. The standard InChI is InChI=1S/C19H25FN2Si/c1-23(2,3)16-22(19-7-5-4-6-8-19)14-13-21-15-17-9-11-18(20)12-10-17/h4-12,15H,13-14,16H2,1-3H3. The zero-order valence-electron chi connectivity index (χ0n) is 14.2. The number of anilines is 1. The third kappa shape index (κ3) is 6.36. The number of para-hydroxylation sites is 1. The van der Waals surface area contributed by atoms with Crippen LogP contribution in [0.3, 0.4) is 0 Å². The zero-order valence-corrected chi connectivity index (χ0v) is 15.2. The molecule has 0 aliphatic heterocycles. The van der Waals surface area contributed by atoms with E-state index in [1.807, 2.05) is 12.3 Å². The molecule has 23 heavy (non-hydrogen) atoms. The second-order valence-corrected chi connectivity index (χ2v) is 12.3. The van der Waals surface area contributed by atoms with Gasteiger partial charge < -0.3 is 4.90 Å². The maximum atomic E-state index is 12.9. The number of hydrogen-bond acceptors (Lipinski definition) is 2. The molecule has 0 bridgehead atoms. The molecule has 0 spiro atoms. The summed E-state index contributed by atoms with van der Waals surface area (Å²) < 4.78 is 12.9. The molecule has 0 amide bonds. The molecule has 2 rings (SSSR count). The van der Waals surface area contributed by atoms with Crippen LogP contribution in [0.15, 0.2) is 59.6 Å². The normalized spacial score (nSPS) is 11.8. The van der Waals surface area contributed by atoms with Crippen LogP contribution in [0.4, 0.5) is 10.1 Å². The molecule has 0 aliphatic rings. The van der Waals surface area contributed by atoms with Crippen LogP contribution in [0.1, 0.15) is 5.56 Å². The van der Waals surface area contributed by atoms with E-state index in [1.165, 1.54) is 17.8 Å². The van der Waals surface area contributed by atoms with Gasteiger partial charge >= 0.3 is 0 Å². The van der Waals surface area contributed by atoms with Crippen LogP contribution >= 0.6 is 0 Å². The van der Waals surface area contributed by atoms with Gasteiger partial charge in [-0.05, 0) is 29.8 Å². The SMILES string of the molecule is C[Si](C)(C)CN(CCN=Cc1ccc(F)cc1)c1ccccc1. The molecule has 0 radical (unpaired) electrons. The summed E-state index contributed by atoms with van der Waals surface area (Å²) in [6, 6.07) is 16.9. The lowest BCUT2D eigenvalue weighted by Crippen LogP contribution is -2.41. The minimum Gasteiger partial charge on any atom is -0.373 e. The monoisotopic (exact) mass is 328 g/mol. The highest BCUT2D eigenvalue weighted by molar-refractivity contribution is 6.76. The lowest BCUT2D eigenvalue weighted by atomic mass is 10.2. The van der Waals surface area contributed by atoms with Crippen LogP contribution in [-0.2, 0) is 0 Å². The van der Waals surface area contributed by atoms with Crippen molar-refractivity contribution in [3.63, 3.8) is 0 Å². The molecule has 4 heteroatoms. The van der Waals surface area contributed by atoms with Crippen LogP contribution in [-0.4, -0.2) is 33.5 Å². The van der Waals surface area contributed by atoms with Crippen LogP contribution in [0.25, 0.3) is 0 Å². The summed E-state index contributed by atoms with van der Waals surface area (Å²) in [5, 5.41) is 0. The lowest BCUT2D eigenvalue weighted by molar-refractivity contribution is 0.628. The minimum absolute atomic E-state index is 0.215. The number of rotatable bonds is 7. The molecule has 0 aliphatic carbocycles. The number of benzene rings is 2. The zero-order chi connectivity index (χ0) is 16.7. The topological polar surface area (TPSA) is 15.6 Å². The summed E-state index contributed by atoms with van der Waals surface area (Å²) in [5.41, 5.74) is 2.19. The Morgan fingerprint density at radius 3 is 2.26 bits per heavy atom. The Bertz CT molecular complexity index is 618. The van der Waals surface area contributed by atoms with Crippen LogP contribution in [0.5, 0.6) is 0 Å². The molecule has 0 aromatic heterocycles. The first-order chi connectivity index (χ1) is 10.9. The first-order valence-corrected chi connectivity index (χ1v) is 11.7. The minimum atomic E-state index is -1.20. The second-order valence-electron chi connectivity index (χ2n) is 6.90. The highest BCUT2D eigenvalue weighted by atomic mass is 28.3. The van der Waals surface area contributed by atoms with Crippen molar-refractivity contribution in [2.24, 2.45) is 4.99 Å². The van der Waals surface area contributed by atoms with Crippen molar-refractivity contribution in [2.75, 3.05) is 24.2 Å². The maximum Gasteiger partial charge on any atom is 0.123 e. The maximum absolute atomic E-state index is 12.9. The number of halogens is 1. The molecule has 0 atom stereocenters. The predicted octanol–water partition coefficient (Wildman–Crippen LogP) is 4.63. The first-order valence-electron chi connectivity index (χ1n) is 7.99. The van der Waals surface area contributed by atoms with E-state index in [1.54, 1.807) is 12.1 Å². The van der Waals surface area contributed by atoms with Crippen molar-refractivity contribution in [3.8, 4) is 0 Å². The van der Waals surface area contributed by atoms with Gasteiger partial charge in [-0.1, -0.05) is 50.0 Å². The van der Waals surface area contributed by atoms with Crippen LogP contribution in [0, 0.1) is 5.82 Å². The van der Waals surface area contributed by atoms with Crippen LogP contribution < -0.4 is 4.90 Å². The molecular weight excluding hydrogens is 303 g/mol. The Hall–Kier alpha value is -1.94. The molecule has 0 unspecified atom stereocenters. The predicted molar refractivity (Wildman–Crippen MR) is 101 cm³/mol. The van der Waals surface area contributed by atoms with E-state index in [4.69, 9.17) is 0 Å². The third-order valence-corrected chi connectivity index (χ3v) is 4.73. The van der Waals surface area contributed by atoms with E-state index >= 15 is 0 Å². The fourth-order valence-electron chi connectivity index (χ4n) is 2.41. The summed E-state index contributed by atoms with van der Waals surface area (Å²) in [4.78, 5) is 6.92. The summed E-state index contributed by atoms with van der Waals surface area (Å²) in [5.74, 6) is -0.215. The first kappa shape index (κ1) is 17.4. The molecule has 0 saturated heterocycles. The van der Waals surface area contributed by atoms with Gasteiger partial charge in [0.2, 0.25) is 0 Å². The van der Waals surface area contributed by atoms with E-state index in [0.717, 1.165) is 24.8 Å². The van der Waals surface area contributed by atoms with Crippen molar-refractivity contribution in [3.05, 3.63) is 66.0 Å². The molecular formula is C19H25FN2Si. The van der Waals surface area contributed by atoms with Gasteiger partial charge in [0.1, 0.15) is 5.82 Å². The highest BCUT2D eigenvalue weighted by Gasteiger charge is 2.18. The van der Waals surface area contributed by atoms with Gasteiger partial charge in [0, 0.05) is 24.6 Å². The van der Waals surface area contributed by atoms with Gasteiger partial charge in [-0.25, -0.2) is 4.39 Å². The van der Waals surface area contributed by atoms with Gasteiger partial charge in [-0.3, -0.25) is 4.99 Å². The van der Waals surface area contributed by atoms with E-state index in [9.17, 15) is 4.39 Å². The van der Waals surface area contributed by atoms with Gasteiger partial charge in [0.05, 0.1) is 14.6 Å². The van der Waals surface area contributed by atoms with E-state index in [2.05, 4.69) is 53.8 Å². The fourth-order valence-corrected chi connectivity index (χ4v) is 3.89. The van der Waals surface area contributed by atoms with Crippen molar-refractivity contribution < 1.29 is 4.39 Å². The van der Waals surface area contributed by atoms with Gasteiger partial charge in [0.15, 0.2) is 0 Å².